The molecule has 5 saturated heterocycles. The van der Waals surface area contributed by atoms with Gasteiger partial charge in [0.15, 0.2) is 0 Å². The van der Waals surface area contributed by atoms with Crippen molar-refractivity contribution < 1.29 is 0 Å². The predicted molar refractivity (Wildman–Crippen MR) is 40.3 cm³/mol. The van der Waals surface area contributed by atoms with Crippen LogP contribution >= 0.6 is 0 Å². The Morgan fingerprint density at radius 2 is 2.14 bits per heavy atom. The Balaban J connectivity index is 0.000000202. The summed E-state index contributed by atoms with van der Waals surface area (Å²) in [5.41, 5.74) is 0.463. The first-order valence-electron chi connectivity index (χ1n) is 3.00. The summed E-state index contributed by atoms with van der Waals surface area (Å²) in [4.78, 5) is 0. The Morgan fingerprint density at radius 3 is 2.14 bits per heavy atom. The third-order valence-corrected chi connectivity index (χ3v) is 3.91. The van der Waals surface area contributed by atoms with E-state index in [1.54, 1.807) is 0 Å². The molecule has 5 aliphatic rings. The minimum atomic E-state index is 0. The molecule has 5 rings (SSSR count). The van der Waals surface area contributed by atoms with E-state index in [4.69, 9.17) is 0 Å². The molecule has 5 heterocycles. The minimum Gasteiger partial charge on any atom is -0.388 e. The zero-order chi connectivity index (χ0) is 3.52. The zero-order valence-electron chi connectivity index (χ0n) is 4.17. The van der Waals surface area contributed by atoms with Gasteiger partial charge in [-0.05, 0) is 0 Å². The van der Waals surface area contributed by atoms with E-state index in [9.17, 15) is 0 Å². The van der Waals surface area contributed by atoms with E-state index in [1.165, 1.54) is 25.5 Å². The fourth-order valence-electron chi connectivity index (χ4n) is 3.41. The average molecular weight is 105 g/mol. The van der Waals surface area contributed by atoms with Gasteiger partial charge in [0.2, 0.25) is 0 Å². The van der Waals surface area contributed by atoms with Crippen LogP contribution < -0.4 is 0 Å². The second-order valence-corrected chi connectivity index (χ2v) is 3.66. The number of hydrogen-bond acceptors (Lipinski definition) is 0. The van der Waals surface area contributed by atoms with Gasteiger partial charge < -0.3 is 25.5 Å². The summed E-state index contributed by atoms with van der Waals surface area (Å²) < 4.78 is 0. The fourth-order valence-corrected chi connectivity index (χ4v) is 3.41. The molecule has 20 valence electrons. The van der Waals surface area contributed by atoms with Gasteiger partial charge in [-0.3, -0.25) is 5.71 Å². The van der Waals surface area contributed by atoms with Crippen LogP contribution in [0.25, 0.3) is 0 Å². The van der Waals surface area contributed by atoms with Crippen LogP contribution in [0, 0.1) is 0 Å². The summed E-state index contributed by atoms with van der Waals surface area (Å²) in [5, 5.41) is 0. The molecular weight excluding hydrogens is 105 g/mol. The van der Waals surface area contributed by atoms with Crippen LogP contribution in [0.4, 0.5) is 0 Å². The van der Waals surface area contributed by atoms with Gasteiger partial charge in [0.25, 0.3) is 0 Å². The Labute approximate surface area is 75.2 Å². The van der Waals surface area contributed by atoms with Gasteiger partial charge in [0, 0.05) is 0 Å². The first-order chi connectivity index (χ1) is 2.96. The van der Waals surface area contributed by atoms with Gasteiger partial charge in [-0.2, -0.15) is 0 Å². The third kappa shape index (κ3) is 0.203. The first-order valence-corrected chi connectivity index (χ1v) is 3.00. The van der Waals surface area contributed by atoms with Crippen LogP contribution in [-0.4, -0.2) is 76.0 Å². The van der Waals surface area contributed by atoms with Gasteiger partial charge in [-0.1, -0.05) is 0 Å². The van der Waals surface area contributed by atoms with Gasteiger partial charge in [-0.15, -0.1) is 0 Å². The zero-order valence-corrected chi connectivity index (χ0v) is 6.38. The van der Waals surface area contributed by atoms with Crippen molar-refractivity contribution in [2.75, 3.05) is 0 Å². The van der Waals surface area contributed by atoms with E-state index in [0.717, 1.165) is 0 Å². The van der Waals surface area contributed by atoms with Crippen LogP contribution in [0.3, 0.4) is 0 Å². The van der Waals surface area contributed by atoms with Crippen LogP contribution in [0.5, 0.6) is 0 Å². The molecule has 0 aliphatic carbocycles. The van der Waals surface area contributed by atoms with Gasteiger partial charge in [0.05, 0.1) is 0 Å². The van der Waals surface area contributed by atoms with Crippen LogP contribution in [-0.2, 0) is 0 Å². The molecule has 0 nitrogen and oxygen atoms in total. The smallest absolute Gasteiger partial charge is 0.388 e. The summed E-state index contributed by atoms with van der Waals surface area (Å²) in [7, 11) is 2.64. The quantitative estimate of drug-likeness (QED) is 0.295. The summed E-state index contributed by atoms with van der Waals surface area (Å²) in [6.45, 7) is 0. The molecule has 2 bridgehead atoms. The molecule has 0 aromatic heterocycles. The van der Waals surface area contributed by atoms with E-state index < -0.39 is 0 Å². The largest absolute Gasteiger partial charge is 2.00 e. The minimum absolute atomic E-state index is 0. The Kier molecular flexibility index (Phi) is 0.506. The molecule has 0 aromatic carbocycles. The van der Waals surface area contributed by atoms with Crippen molar-refractivity contribution in [1.82, 2.24) is 0 Å². The Morgan fingerprint density at radius 1 is 1.43 bits per heavy atom. The van der Waals surface area contributed by atoms with Crippen molar-refractivity contribution in [3.8, 4) is 0 Å². The molecule has 5 fully saturated rings. The van der Waals surface area contributed by atoms with Gasteiger partial charge >= 0.3 is 37.7 Å². The molecule has 7 heavy (non-hydrogen) atoms. The Hall–Kier alpha value is 1.65. The molecule has 2 radical (unpaired) electrons. The first kappa shape index (κ1) is 4.46. The predicted octanol–water partition coefficient (Wildman–Crippen LogP) is -2.67. The number of rotatable bonds is 0. The third-order valence-electron chi connectivity index (χ3n) is 3.91. The van der Waals surface area contributed by atoms with Crippen LogP contribution in [0.2, 0.25) is 0 Å². The monoisotopic (exact) mass is 106 g/mol. The van der Waals surface area contributed by atoms with E-state index in [2.05, 4.69) is 7.06 Å². The molecule has 7 heteroatoms. The second kappa shape index (κ2) is 0.793. The van der Waals surface area contributed by atoms with Crippen LogP contribution in [0.15, 0.2) is 0 Å². The maximum Gasteiger partial charge on any atom is 2.00 e. The molecule has 0 saturated carbocycles. The van der Waals surface area contributed by atoms with Crippen molar-refractivity contribution in [2.24, 2.45) is 0 Å². The maximum atomic E-state index is 2.64. The molecule has 0 amide bonds. The standard InChI is InChI=1S/B6.Ca/c1-2-3-4-5(3)6(1,2)4;/q-2;+2. The second-order valence-electron chi connectivity index (χ2n) is 3.66. The summed E-state index contributed by atoms with van der Waals surface area (Å²) in [6.07, 6.45) is 5.23. The molecule has 0 aromatic rings. The van der Waals surface area contributed by atoms with Crippen LogP contribution in [0.1, 0.15) is 0 Å². The average Bonchev–Trinajstić information content (AvgIpc) is 2.22. The molecule has 0 N–H and O–H groups in total. The van der Waals surface area contributed by atoms with Crippen molar-refractivity contribution >= 4 is 76.0 Å². The van der Waals surface area contributed by atoms with Crippen molar-refractivity contribution in [3.63, 3.8) is 0 Å². The summed E-state index contributed by atoms with van der Waals surface area (Å²) >= 11 is 0. The fraction of sp³-hybridized carbons (Fsp3) is 0. The maximum absolute atomic E-state index is 2.64. The topological polar surface area (TPSA) is 0 Å². The Bertz CT molecular complexity index is 133. The molecule has 5 aliphatic heterocycles. The molecule has 0 atom stereocenters. The summed E-state index contributed by atoms with van der Waals surface area (Å²) in [6, 6.07) is 0. The van der Waals surface area contributed by atoms with Gasteiger partial charge in [0.1, 0.15) is 0 Å². The SMILES string of the molecule is [B]1B2[B-]3B4B3[B-]124.[Ca+2]. The van der Waals surface area contributed by atoms with E-state index in [0.29, 0.717) is 5.71 Å². The van der Waals surface area contributed by atoms with E-state index in [1.807, 2.05) is 0 Å². The molecule has 0 unspecified atom stereocenters. The van der Waals surface area contributed by atoms with Crippen molar-refractivity contribution in [2.45, 2.75) is 0 Å². The van der Waals surface area contributed by atoms with Crippen molar-refractivity contribution in [3.05, 3.63) is 0 Å². The summed E-state index contributed by atoms with van der Waals surface area (Å²) in [5.74, 6) is 0. The van der Waals surface area contributed by atoms with E-state index >= 15 is 0 Å². The normalized spacial score (nSPS) is 39.1. The number of hydrogen-bond donors (Lipinski definition) is 0. The van der Waals surface area contributed by atoms with E-state index in [-0.39, 0.29) is 37.7 Å². The van der Waals surface area contributed by atoms with Gasteiger partial charge in [-0.25, -0.2) is 7.06 Å². The van der Waals surface area contributed by atoms with Crippen molar-refractivity contribution in [1.29, 1.82) is 0 Å². The molecular formula is B6Ca. The molecule has 1 spiro atoms.